The Labute approximate surface area is 145 Å². The summed E-state index contributed by atoms with van der Waals surface area (Å²) in [5, 5.41) is 0. The maximum atomic E-state index is 6.23. The number of nitrogens with two attached hydrogens (primary N) is 1. The van der Waals surface area contributed by atoms with Crippen molar-refractivity contribution in [3.8, 4) is 5.75 Å². The number of ether oxygens (including phenoxy) is 1. The van der Waals surface area contributed by atoms with Gasteiger partial charge in [-0.1, -0.05) is 56.3 Å². The third kappa shape index (κ3) is 4.37. The highest BCUT2D eigenvalue weighted by atomic mass is 16.5. The lowest BCUT2D eigenvalue weighted by atomic mass is 9.79. The zero-order valence-corrected chi connectivity index (χ0v) is 14.7. The summed E-state index contributed by atoms with van der Waals surface area (Å²) in [7, 11) is 0. The van der Waals surface area contributed by atoms with E-state index in [1.165, 1.54) is 11.1 Å². The molecule has 0 bridgehead atoms. The Balaban J connectivity index is 1.53. The minimum Gasteiger partial charge on any atom is -0.489 e. The topological polar surface area (TPSA) is 38.5 Å². The fourth-order valence-electron chi connectivity index (χ4n) is 3.31. The molecule has 3 nitrogen and oxygen atoms in total. The average molecular weight is 324 g/mol. The van der Waals surface area contributed by atoms with E-state index >= 15 is 0 Å². The molecule has 1 saturated heterocycles. The van der Waals surface area contributed by atoms with Crippen molar-refractivity contribution >= 4 is 0 Å². The lowest BCUT2D eigenvalue weighted by molar-refractivity contribution is 0.0898. The number of rotatable bonds is 5. The molecule has 1 heterocycles. The average Bonchev–Trinajstić information content (AvgIpc) is 2.58. The summed E-state index contributed by atoms with van der Waals surface area (Å²) in [6.07, 6.45) is 1.07. The Hall–Kier alpha value is -1.84. The lowest BCUT2D eigenvalue weighted by Gasteiger charge is -2.42. The Morgan fingerprint density at radius 3 is 2.42 bits per heavy atom. The maximum Gasteiger partial charge on any atom is 0.119 e. The monoisotopic (exact) mass is 324 g/mol. The molecule has 24 heavy (non-hydrogen) atoms. The molecule has 1 fully saturated rings. The van der Waals surface area contributed by atoms with Gasteiger partial charge in [-0.2, -0.15) is 0 Å². The van der Waals surface area contributed by atoms with E-state index < -0.39 is 0 Å². The number of piperidine rings is 1. The van der Waals surface area contributed by atoms with Crippen LogP contribution in [0.2, 0.25) is 0 Å². The Kier molecular flexibility index (Phi) is 5.22. The summed E-state index contributed by atoms with van der Waals surface area (Å²) in [5.41, 5.74) is 8.93. The number of nitrogens with zero attached hydrogens (tertiary/aromatic N) is 1. The zero-order valence-electron chi connectivity index (χ0n) is 14.7. The van der Waals surface area contributed by atoms with Crippen LogP contribution in [0.4, 0.5) is 0 Å². The van der Waals surface area contributed by atoms with E-state index in [1.54, 1.807) is 0 Å². The van der Waals surface area contributed by atoms with E-state index in [0.717, 1.165) is 31.8 Å². The van der Waals surface area contributed by atoms with Gasteiger partial charge in [-0.3, -0.25) is 4.90 Å². The van der Waals surface area contributed by atoms with Gasteiger partial charge in [0.25, 0.3) is 0 Å². The molecule has 0 aliphatic carbocycles. The van der Waals surface area contributed by atoms with Gasteiger partial charge in [0.05, 0.1) is 0 Å². The molecule has 3 heteroatoms. The lowest BCUT2D eigenvalue weighted by Crippen LogP contribution is -2.52. The van der Waals surface area contributed by atoms with Crippen molar-refractivity contribution in [2.45, 2.75) is 39.5 Å². The molecule has 0 aromatic heterocycles. The molecule has 0 radical (unpaired) electrons. The number of hydrogen-bond acceptors (Lipinski definition) is 3. The molecule has 2 N–H and O–H groups in total. The van der Waals surface area contributed by atoms with Gasteiger partial charge in [-0.15, -0.1) is 0 Å². The van der Waals surface area contributed by atoms with E-state index in [9.17, 15) is 0 Å². The maximum absolute atomic E-state index is 6.23. The van der Waals surface area contributed by atoms with Crippen LogP contribution in [0, 0.1) is 5.41 Å². The molecule has 128 valence electrons. The molecule has 2 aromatic carbocycles. The van der Waals surface area contributed by atoms with Crippen LogP contribution in [0.25, 0.3) is 0 Å². The fraction of sp³-hybridized carbons (Fsp3) is 0.429. The molecule has 1 aliphatic heterocycles. The van der Waals surface area contributed by atoms with Gasteiger partial charge in [0.15, 0.2) is 0 Å². The molecule has 1 aliphatic rings. The highest BCUT2D eigenvalue weighted by Crippen LogP contribution is 2.28. The molecular weight excluding hydrogens is 296 g/mol. The third-order valence-electron chi connectivity index (χ3n) is 4.97. The van der Waals surface area contributed by atoms with Crippen molar-refractivity contribution in [2.24, 2.45) is 11.1 Å². The second-order valence-corrected chi connectivity index (χ2v) is 7.51. The predicted molar refractivity (Wildman–Crippen MR) is 98.9 cm³/mol. The van der Waals surface area contributed by atoms with Crippen LogP contribution in [-0.2, 0) is 13.2 Å². The van der Waals surface area contributed by atoms with Crippen LogP contribution in [0.1, 0.15) is 31.4 Å². The second kappa shape index (κ2) is 7.37. The van der Waals surface area contributed by atoms with E-state index in [1.807, 2.05) is 18.2 Å². The molecule has 2 aromatic rings. The first-order chi connectivity index (χ1) is 11.5. The number of benzene rings is 2. The van der Waals surface area contributed by atoms with Crippen molar-refractivity contribution < 1.29 is 4.74 Å². The SMILES string of the molecule is CC1(C)CN(Cc2ccc(OCc3ccccc3)cc2)CCC1N. The summed E-state index contributed by atoms with van der Waals surface area (Å²) in [6.45, 7) is 8.26. The molecular formula is C21H28N2O. The molecule has 0 saturated carbocycles. The summed E-state index contributed by atoms with van der Waals surface area (Å²) in [6, 6.07) is 19.0. The third-order valence-corrected chi connectivity index (χ3v) is 4.97. The van der Waals surface area contributed by atoms with Gasteiger partial charge >= 0.3 is 0 Å². The quantitative estimate of drug-likeness (QED) is 0.908. The van der Waals surface area contributed by atoms with E-state index in [0.29, 0.717) is 12.6 Å². The van der Waals surface area contributed by atoms with E-state index in [-0.39, 0.29) is 5.41 Å². The van der Waals surface area contributed by atoms with Gasteiger partial charge in [-0.25, -0.2) is 0 Å². The number of hydrogen-bond donors (Lipinski definition) is 1. The summed E-state index contributed by atoms with van der Waals surface area (Å²) in [4.78, 5) is 2.50. The van der Waals surface area contributed by atoms with E-state index in [2.05, 4.69) is 55.1 Å². The highest BCUT2D eigenvalue weighted by molar-refractivity contribution is 5.28. The van der Waals surface area contributed by atoms with Gasteiger partial charge in [0.2, 0.25) is 0 Å². The summed E-state index contributed by atoms with van der Waals surface area (Å²) >= 11 is 0. The van der Waals surface area contributed by atoms with Crippen LogP contribution in [-0.4, -0.2) is 24.0 Å². The second-order valence-electron chi connectivity index (χ2n) is 7.51. The van der Waals surface area contributed by atoms with Gasteiger partial charge in [0.1, 0.15) is 12.4 Å². The molecule has 0 amide bonds. The van der Waals surface area contributed by atoms with Crippen molar-refractivity contribution in [3.05, 3.63) is 65.7 Å². The van der Waals surface area contributed by atoms with Crippen molar-refractivity contribution in [2.75, 3.05) is 13.1 Å². The first-order valence-corrected chi connectivity index (χ1v) is 8.76. The van der Waals surface area contributed by atoms with Crippen molar-refractivity contribution in [1.29, 1.82) is 0 Å². The smallest absolute Gasteiger partial charge is 0.119 e. The molecule has 1 atom stereocenters. The van der Waals surface area contributed by atoms with Gasteiger partial charge < -0.3 is 10.5 Å². The summed E-state index contributed by atoms with van der Waals surface area (Å²) in [5.74, 6) is 0.920. The zero-order chi connectivity index (χ0) is 17.0. The van der Waals surface area contributed by atoms with E-state index in [4.69, 9.17) is 10.5 Å². The Morgan fingerprint density at radius 2 is 1.75 bits per heavy atom. The minimum absolute atomic E-state index is 0.191. The normalized spacial score (nSPS) is 20.7. The fourth-order valence-corrected chi connectivity index (χ4v) is 3.31. The first-order valence-electron chi connectivity index (χ1n) is 8.76. The largest absolute Gasteiger partial charge is 0.489 e. The van der Waals surface area contributed by atoms with Crippen molar-refractivity contribution in [1.82, 2.24) is 4.90 Å². The predicted octanol–water partition coefficient (Wildman–Crippen LogP) is 3.82. The Morgan fingerprint density at radius 1 is 1.04 bits per heavy atom. The summed E-state index contributed by atoms with van der Waals surface area (Å²) < 4.78 is 5.85. The Bertz CT molecular complexity index is 637. The van der Waals surface area contributed by atoms with Gasteiger partial charge in [-0.05, 0) is 35.1 Å². The van der Waals surface area contributed by atoms with Crippen LogP contribution in [0.5, 0.6) is 5.75 Å². The molecule has 0 spiro atoms. The minimum atomic E-state index is 0.191. The van der Waals surface area contributed by atoms with Gasteiger partial charge in [0, 0.05) is 25.7 Å². The highest BCUT2D eigenvalue weighted by Gasteiger charge is 2.33. The number of likely N-dealkylation sites (tertiary alicyclic amines) is 1. The van der Waals surface area contributed by atoms with Crippen LogP contribution < -0.4 is 10.5 Å². The standard InChI is InChI=1S/C21H28N2O/c1-21(2)16-23(13-12-20(21)22)14-17-8-10-19(11-9-17)24-15-18-6-4-3-5-7-18/h3-11,20H,12-16,22H2,1-2H3. The molecule has 1 unspecified atom stereocenters. The van der Waals surface area contributed by atoms with Crippen LogP contribution in [0.3, 0.4) is 0 Å². The van der Waals surface area contributed by atoms with Crippen molar-refractivity contribution in [3.63, 3.8) is 0 Å². The molecule has 3 rings (SSSR count). The van der Waals surface area contributed by atoms with Crippen LogP contribution >= 0.6 is 0 Å². The first kappa shape index (κ1) is 17.0. The van der Waals surface area contributed by atoms with Crippen LogP contribution in [0.15, 0.2) is 54.6 Å².